The normalized spacial score (nSPS) is 11.1. The third kappa shape index (κ3) is 1.85. The van der Waals surface area contributed by atoms with Crippen molar-refractivity contribution in [3.63, 3.8) is 0 Å². The molecule has 2 aromatic heterocycles. The summed E-state index contributed by atoms with van der Waals surface area (Å²) in [5, 5.41) is 0.678. The monoisotopic (exact) mass is 275 g/mol. The second kappa shape index (κ2) is 4.24. The molecular formula is C14H11ClFN3. The van der Waals surface area contributed by atoms with Crippen LogP contribution in [0, 0.1) is 12.7 Å². The van der Waals surface area contributed by atoms with E-state index >= 15 is 0 Å². The Balaban J connectivity index is 2.28. The van der Waals surface area contributed by atoms with E-state index in [1.165, 1.54) is 10.5 Å². The van der Waals surface area contributed by atoms with E-state index in [1.807, 2.05) is 19.1 Å². The Morgan fingerprint density at radius 2 is 2.11 bits per heavy atom. The minimum absolute atomic E-state index is 0.225. The molecule has 3 nitrogen and oxygen atoms in total. The standard InChI is InChI=1S/C14H11ClFN3/c1-8-7-9(4-5-10(8)15)12-13(17)19-6-2-3-11(16)14(19)18-12/h2-7H,17H2,1H3. The van der Waals surface area contributed by atoms with Crippen molar-refractivity contribution in [2.75, 3.05) is 5.73 Å². The number of pyridine rings is 1. The first-order chi connectivity index (χ1) is 9.08. The Labute approximate surface area is 114 Å². The van der Waals surface area contributed by atoms with Gasteiger partial charge >= 0.3 is 0 Å². The summed E-state index contributed by atoms with van der Waals surface area (Å²) in [6, 6.07) is 8.45. The molecular weight excluding hydrogens is 265 g/mol. The maximum atomic E-state index is 13.7. The molecule has 19 heavy (non-hydrogen) atoms. The summed E-state index contributed by atoms with van der Waals surface area (Å²) < 4.78 is 15.2. The summed E-state index contributed by atoms with van der Waals surface area (Å²) in [4.78, 5) is 4.27. The molecule has 0 aliphatic heterocycles. The van der Waals surface area contributed by atoms with Gasteiger partial charge in [-0.3, -0.25) is 4.40 Å². The first-order valence-electron chi connectivity index (χ1n) is 5.76. The lowest BCUT2D eigenvalue weighted by molar-refractivity contribution is 0.630. The quantitative estimate of drug-likeness (QED) is 0.736. The number of nitrogens with zero attached hydrogens (tertiary/aromatic N) is 2. The van der Waals surface area contributed by atoms with E-state index in [1.54, 1.807) is 18.3 Å². The highest BCUT2D eigenvalue weighted by Crippen LogP contribution is 2.29. The zero-order valence-electron chi connectivity index (χ0n) is 10.2. The Hall–Kier alpha value is -2.07. The molecule has 5 heteroatoms. The van der Waals surface area contributed by atoms with Crippen LogP contribution in [-0.2, 0) is 0 Å². The summed E-state index contributed by atoms with van der Waals surface area (Å²) in [5.74, 6) is 0.0161. The van der Waals surface area contributed by atoms with Gasteiger partial charge in [0.25, 0.3) is 0 Å². The van der Waals surface area contributed by atoms with Crippen LogP contribution >= 0.6 is 11.6 Å². The molecule has 0 bridgehead atoms. The third-order valence-corrected chi connectivity index (χ3v) is 3.49. The number of nitrogen functional groups attached to an aromatic ring is 1. The zero-order chi connectivity index (χ0) is 13.6. The highest BCUT2D eigenvalue weighted by molar-refractivity contribution is 6.31. The van der Waals surface area contributed by atoms with Crippen molar-refractivity contribution in [1.29, 1.82) is 0 Å². The van der Waals surface area contributed by atoms with Crippen molar-refractivity contribution in [1.82, 2.24) is 9.38 Å². The second-order valence-electron chi connectivity index (χ2n) is 4.36. The van der Waals surface area contributed by atoms with Crippen LogP contribution in [0.15, 0.2) is 36.5 Å². The van der Waals surface area contributed by atoms with Gasteiger partial charge in [0.15, 0.2) is 11.5 Å². The van der Waals surface area contributed by atoms with Gasteiger partial charge in [0.2, 0.25) is 0 Å². The Bertz CT molecular complexity index is 780. The predicted octanol–water partition coefficient (Wildman–Crippen LogP) is 3.68. The maximum Gasteiger partial charge on any atom is 0.175 e. The van der Waals surface area contributed by atoms with Crippen LogP contribution in [0.4, 0.5) is 10.2 Å². The van der Waals surface area contributed by atoms with Crippen LogP contribution in [0.5, 0.6) is 0 Å². The summed E-state index contributed by atoms with van der Waals surface area (Å²) in [7, 11) is 0. The van der Waals surface area contributed by atoms with Crippen molar-refractivity contribution in [3.8, 4) is 11.3 Å². The van der Waals surface area contributed by atoms with Crippen LogP contribution in [0.3, 0.4) is 0 Å². The van der Waals surface area contributed by atoms with Gasteiger partial charge in [-0.15, -0.1) is 0 Å². The molecule has 0 saturated heterocycles. The van der Waals surface area contributed by atoms with Crippen molar-refractivity contribution in [3.05, 3.63) is 52.9 Å². The average molecular weight is 276 g/mol. The van der Waals surface area contributed by atoms with Crippen molar-refractivity contribution >= 4 is 23.1 Å². The minimum Gasteiger partial charge on any atom is -0.383 e. The number of aryl methyl sites for hydroxylation is 1. The van der Waals surface area contributed by atoms with Crippen molar-refractivity contribution in [2.24, 2.45) is 0 Å². The van der Waals surface area contributed by atoms with E-state index in [0.29, 0.717) is 16.5 Å². The number of fused-ring (bicyclic) bond motifs is 1. The fourth-order valence-electron chi connectivity index (χ4n) is 2.06. The van der Waals surface area contributed by atoms with E-state index in [0.717, 1.165) is 11.1 Å². The van der Waals surface area contributed by atoms with E-state index in [2.05, 4.69) is 4.98 Å². The lowest BCUT2D eigenvalue weighted by atomic mass is 10.1. The SMILES string of the molecule is Cc1cc(-c2nc3c(F)cccn3c2N)ccc1Cl. The van der Waals surface area contributed by atoms with E-state index in [4.69, 9.17) is 17.3 Å². The van der Waals surface area contributed by atoms with Gasteiger partial charge in [0.1, 0.15) is 11.5 Å². The molecule has 0 aliphatic rings. The number of hydrogen-bond acceptors (Lipinski definition) is 2. The zero-order valence-corrected chi connectivity index (χ0v) is 10.9. The molecule has 0 amide bonds. The fourth-order valence-corrected chi connectivity index (χ4v) is 2.17. The number of imidazole rings is 1. The molecule has 3 rings (SSSR count). The molecule has 0 aliphatic carbocycles. The lowest BCUT2D eigenvalue weighted by Gasteiger charge is -2.02. The number of benzene rings is 1. The minimum atomic E-state index is -0.397. The largest absolute Gasteiger partial charge is 0.383 e. The van der Waals surface area contributed by atoms with E-state index in [-0.39, 0.29) is 5.65 Å². The molecule has 0 unspecified atom stereocenters. The molecule has 96 valence electrons. The number of hydrogen-bond donors (Lipinski definition) is 1. The van der Waals surface area contributed by atoms with Crippen LogP contribution in [0.25, 0.3) is 16.9 Å². The van der Waals surface area contributed by atoms with Gasteiger partial charge in [-0.1, -0.05) is 17.7 Å². The molecule has 0 atom stereocenters. The molecule has 0 saturated carbocycles. The highest BCUT2D eigenvalue weighted by atomic mass is 35.5. The number of nitrogens with two attached hydrogens (primary N) is 1. The van der Waals surface area contributed by atoms with E-state index in [9.17, 15) is 4.39 Å². The van der Waals surface area contributed by atoms with Crippen molar-refractivity contribution in [2.45, 2.75) is 6.92 Å². The van der Waals surface area contributed by atoms with Crippen molar-refractivity contribution < 1.29 is 4.39 Å². The molecule has 2 N–H and O–H groups in total. The summed E-state index contributed by atoms with van der Waals surface area (Å²) >= 11 is 5.99. The van der Waals surface area contributed by atoms with Crippen LogP contribution in [0.2, 0.25) is 5.02 Å². The van der Waals surface area contributed by atoms with Crippen LogP contribution in [-0.4, -0.2) is 9.38 Å². The molecule has 3 aromatic rings. The van der Waals surface area contributed by atoms with Gasteiger partial charge < -0.3 is 5.73 Å². The van der Waals surface area contributed by atoms with Gasteiger partial charge in [-0.25, -0.2) is 9.37 Å². The number of rotatable bonds is 1. The summed E-state index contributed by atoms with van der Waals surface area (Å²) in [6.45, 7) is 1.90. The molecule has 1 aromatic carbocycles. The smallest absolute Gasteiger partial charge is 0.175 e. The molecule has 0 radical (unpaired) electrons. The number of anilines is 1. The highest BCUT2D eigenvalue weighted by Gasteiger charge is 2.14. The van der Waals surface area contributed by atoms with Gasteiger partial charge in [0.05, 0.1) is 0 Å². The average Bonchev–Trinajstić information content (AvgIpc) is 2.72. The Kier molecular flexibility index (Phi) is 2.68. The van der Waals surface area contributed by atoms with Gasteiger partial charge in [-0.2, -0.15) is 0 Å². The predicted molar refractivity (Wildman–Crippen MR) is 74.7 cm³/mol. The molecule has 0 spiro atoms. The third-order valence-electron chi connectivity index (χ3n) is 3.07. The van der Waals surface area contributed by atoms with Crippen LogP contribution < -0.4 is 5.73 Å². The molecule has 2 heterocycles. The van der Waals surface area contributed by atoms with Crippen LogP contribution in [0.1, 0.15) is 5.56 Å². The first-order valence-corrected chi connectivity index (χ1v) is 6.14. The topological polar surface area (TPSA) is 43.3 Å². The molecule has 0 fully saturated rings. The summed E-state index contributed by atoms with van der Waals surface area (Å²) in [5.41, 5.74) is 8.56. The maximum absolute atomic E-state index is 13.7. The summed E-state index contributed by atoms with van der Waals surface area (Å²) in [6.07, 6.45) is 1.69. The number of halogens is 2. The second-order valence-corrected chi connectivity index (χ2v) is 4.77. The first kappa shape index (κ1) is 12.0. The Morgan fingerprint density at radius 3 is 2.79 bits per heavy atom. The van der Waals surface area contributed by atoms with Gasteiger partial charge in [-0.05, 0) is 36.8 Å². The fraction of sp³-hybridized carbons (Fsp3) is 0.0714. The van der Waals surface area contributed by atoms with E-state index < -0.39 is 5.82 Å². The number of aromatic nitrogens is 2. The van der Waals surface area contributed by atoms with Gasteiger partial charge in [0, 0.05) is 16.8 Å². The lowest BCUT2D eigenvalue weighted by Crippen LogP contribution is -1.94. The Morgan fingerprint density at radius 1 is 1.32 bits per heavy atom.